The Kier molecular flexibility index (Phi) is 5.75. The Morgan fingerprint density at radius 3 is 2.86 bits per heavy atom. The number of fused-ring (bicyclic) bond motifs is 1. The molecule has 0 unspecified atom stereocenters. The number of rotatable bonds is 2. The number of benzene rings is 2. The molecule has 0 aliphatic heterocycles. The molecule has 0 fully saturated rings. The summed E-state index contributed by atoms with van der Waals surface area (Å²) in [5.41, 5.74) is 10.2. The fourth-order valence-corrected chi connectivity index (χ4v) is 3.24. The molecule has 1 aromatic heterocycles. The summed E-state index contributed by atoms with van der Waals surface area (Å²) < 4.78 is 4.97. The molecule has 2 aromatic carbocycles. The molecule has 4 rings (SSSR count). The number of phenolic OH excluding ortho intramolecular Hbond substituents is 1. The Morgan fingerprint density at radius 2 is 2.14 bits per heavy atom. The first-order chi connectivity index (χ1) is 13.5. The third-order valence-corrected chi connectivity index (χ3v) is 4.80. The molecule has 0 amide bonds. The minimum atomic E-state index is 0. The van der Waals surface area contributed by atoms with Crippen LogP contribution >= 0.6 is 0 Å². The maximum absolute atomic E-state index is 9.29. The molecule has 1 atom stereocenters. The van der Waals surface area contributed by atoms with Crippen LogP contribution in [0.4, 0.5) is 5.69 Å². The number of aromatic hydroxyl groups is 1. The van der Waals surface area contributed by atoms with E-state index in [4.69, 9.17) is 20.8 Å². The molecule has 0 spiro atoms. The second-order valence-electron chi connectivity index (χ2n) is 6.96. The van der Waals surface area contributed by atoms with E-state index in [1.54, 1.807) is 0 Å². The summed E-state index contributed by atoms with van der Waals surface area (Å²) in [6.45, 7) is 2.29. The number of hydrogen-bond donors (Lipinski definition) is 3. The van der Waals surface area contributed by atoms with E-state index in [-0.39, 0.29) is 12.9 Å². The van der Waals surface area contributed by atoms with Crippen molar-refractivity contribution in [1.29, 1.82) is 10.7 Å². The Bertz CT molecular complexity index is 1030. The highest BCUT2D eigenvalue weighted by Gasteiger charge is 2.15. The van der Waals surface area contributed by atoms with Gasteiger partial charge in [0.1, 0.15) is 11.5 Å². The quantitative estimate of drug-likeness (QED) is 0.350. The average Bonchev–Trinajstić information content (AvgIpc) is 3.24. The maximum Gasteiger partial charge on any atom is 0.181 e. The number of hydrogen-bond acceptors (Lipinski definition) is 6. The predicted molar refractivity (Wildman–Crippen MR) is 109 cm³/mol. The molecular weight excluding hydrogens is 352 g/mol. The van der Waals surface area contributed by atoms with Gasteiger partial charge in [0.05, 0.1) is 17.8 Å². The third kappa shape index (κ3) is 4.38. The molecular formula is C22H24N4O2. The Labute approximate surface area is 165 Å². The van der Waals surface area contributed by atoms with E-state index in [2.05, 4.69) is 24.0 Å². The van der Waals surface area contributed by atoms with Crippen molar-refractivity contribution in [3.05, 3.63) is 77.0 Å². The molecule has 0 radical (unpaired) electrons. The van der Waals surface area contributed by atoms with Crippen molar-refractivity contribution in [2.75, 3.05) is 5.73 Å². The Balaban J connectivity index is 0.000000202. The number of aromatic nitrogens is 1. The number of nitrogens with one attached hydrogen (secondary N) is 1. The zero-order valence-electron chi connectivity index (χ0n) is 15.6. The third-order valence-electron chi connectivity index (χ3n) is 4.80. The Hall–Kier alpha value is -3.59. The van der Waals surface area contributed by atoms with Crippen molar-refractivity contribution in [3.8, 4) is 11.8 Å². The lowest BCUT2D eigenvalue weighted by Crippen LogP contribution is -2.11. The molecule has 3 aromatic rings. The summed E-state index contributed by atoms with van der Waals surface area (Å²) in [6, 6.07) is 12.7. The molecule has 28 heavy (non-hydrogen) atoms. The van der Waals surface area contributed by atoms with Gasteiger partial charge in [-0.25, -0.2) is 4.98 Å². The van der Waals surface area contributed by atoms with Crippen LogP contribution in [-0.2, 0) is 12.8 Å². The molecule has 144 valence electrons. The van der Waals surface area contributed by atoms with Crippen molar-refractivity contribution in [2.45, 2.75) is 26.2 Å². The van der Waals surface area contributed by atoms with Gasteiger partial charge in [-0.2, -0.15) is 5.26 Å². The minimum absolute atomic E-state index is 0. The summed E-state index contributed by atoms with van der Waals surface area (Å²) in [4.78, 5) is 3.71. The van der Waals surface area contributed by atoms with E-state index in [0.29, 0.717) is 17.0 Å². The van der Waals surface area contributed by atoms with Crippen molar-refractivity contribution in [3.63, 3.8) is 0 Å². The largest absolute Gasteiger partial charge is 0.508 e. The van der Waals surface area contributed by atoms with Crippen LogP contribution in [0.15, 0.2) is 53.4 Å². The van der Waals surface area contributed by atoms with E-state index in [1.807, 2.05) is 12.1 Å². The topological polar surface area (TPSA) is 120 Å². The minimum Gasteiger partial charge on any atom is -0.508 e. The van der Waals surface area contributed by atoms with Crippen LogP contribution in [0.25, 0.3) is 0 Å². The smallest absolute Gasteiger partial charge is 0.181 e. The number of nitrogen functional groups attached to an aromatic ring is 1. The number of oxazole rings is 1. The van der Waals surface area contributed by atoms with Gasteiger partial charge in [-0.15, -0.1) is 0 Å². The zero-order valence-corrected chi connectivity index (χ0v) is 15.6. The average molecular weight is 376 g/mol. The van der Waals surface area contributed by atoms with Gasteiger partial charge < -0.3 is 15.3 Å². The van der Waals surface area contributed by atoms with Crippen LogP contribution in [0.5, 0.6) is 5.75 Å². The summed E-state index contributed by atoms with van der Waals surface area (Å²) in [7, 11) is 0. The van der Waals surface area contributed by atoms with Crippen LogP contribution in [0.3, 0.4) is 0 Å². The Morgan fingerprint density at radius 1 is 1.32 bits per heavy atom. The lowest BCUT2D eigenvalue weighted by atomic mass is 9.84. The number of aryl methyl sites for hydroxylation is 1. The highest BCUT2D eigenvalue weighted by Crippen LogP contribution is 2.25. The van der Waals surface area contributed by atoms with Crippen LogP contribution in [-0.4, -0.2) is 15.8 Å². The van der Waals surface area contributed by atoms with Crippen LogP contribution in [0, 0.1) is 22.7 Å². The molecule has 1 aliphatic carbocycles. The second kappa shape index (κ2) is 8.40. The number of nitrogens with two attached hydrogens (primary N) is 1. The highest BCUT2D eigenvalue weighted by molar-refractivity contribution is 6.12. The second-order valence-corrected chi connectivity index (χ2v) is 6.96. The van der Waals surface area contributed by atoms with E-state index < -0.39 is 0 Å². The van der Waals surface area contributed by atoms with Crippen molar-refractivity contribution in [2.24, 2.45) is 5.92 Å². The van der Waals surface area contributed by atoms with Crippen LogP contribution in [0.2, 0.25) is 0 Å². The molecule has 0 bridgehead atoms. The van der Waals surface area contributed by atoms with Gasteiger partial charge in [0.15, 0.2) is 12.2 Å². The fraction of sp³-hybridized carbons (Fsp3) is 0.227. The van der Waals surface area contributed by atoms with Gasteiger partial charge in [-0.3, -0.25) is 5.41 Å². The van der Waals surface area contributed by atoms with Gasteiger partial charge in [0.2, 0.25) is 0 Å². The summed E-state index contributed by atoms with van der Waals surface area (Å²) in [5, 5.41) is 25.8. The van der Waals surface area contributed by atoms with E-state index in [0.717, 1.165) is 17.9 Å². The molecule has 4 N–H and O–H groups in total. The number of phenols is 1. The standard InChI is InChI=1S/C12H13N.C10H9N3O2.H2/c1-9-2-4-12-7-10(8-13)3-5-11(12)6-9;11-8-2-1-6(14)3-7(8)10(12)9-4-13-5-15-9;/h3,5,7,9H,2,4,6H2,1H3;1-5,12,14H,11H2;1H/t9-;;/m1../s1. The van der Waals surface area contributed by atoms with Gasteiger partial charge in [-0.05, 0) is 66.6 Å². The molecule has 1 aliphatic rings. The van der Waals surface area contributed by atoms with Crippen molar-refractivity contribution in [1.82, 2.24) is 4.98 Å². The van der Waals surface area contributed by atoms with Gasteiger partial charge in [-0.1, -0.05) is 13.0 Å². The van der Waals surface area contributed by atoms with Crippen molar-refractivity contribution < 1.29 is 11.0 Å². The first-order valence-corrected chi connectivity index (χ1v) is 9.06. The molecule has 6 nitrogen and oxygen atoms in total. The van der Waals surface area contributed by atoms with E-state index in [1.165, 1.54) is 54.8 Å². The lowest BCUT2D eigenvalue weighted by Gasteiger charge is -2.21. The van der Waals surface area contributed by atoms with Gasteiger partial charge >= 0.3 is 0 Å². The SMILES string of the molecule is C[C@@H]1CCc2cc(C#N)ccc2C1.N=C(c1cnco1)c1cc(O)ccc1N.[HH]. The number of nitriles is 1. The van der Waals surface area contributed by atoms with Crippen molar-refractivity contribution >= 4 is 11.4 Å². The monoisotopic (exact) mass is 376 g/mol. The van der Waals surface area contributed by atoms with Gasteiger partial charge in [0, 0.05) is 12.7 Å². The highest BCUT2D eigenvalue weighted by atomic mass is 16.3. The first kappa shape index (κ1) is 19.2. The molecule has 0 saturated carbocycles. The molecule has 6 heteroatoms. The fourth-order valence-electron chi connectivity index (χ4n) is 3.24. The predicted octanol–water partition coefficient (Wildman–Crippen LogP) is 4.31. The first-order valence-electron chi connectivity index (χ1n) is 9.06. The molecule has 1 heterocycles. The normalized spacial score (nSPS) is 14.9. The summed E-state index contributed by atoms with van der Waals surface area (Å²) in [5.74, 6) is 1.18. The van der Waals surface area contributed by atoms with Gasteiger partial charge in [0.25, 0.3) is 0 Å². The summed E-state index contributed by atoms with van der Waals surface area (Å²) in [6.07, 6.45) is 6.25. The summed E-state index contributed by atoms with van der Waals surface area (Å²) >= 11 is 0. The lowest BCUT2D eigenvalue weighted by molar-refractivity contribution is 0.475. The molecule has 0 saturated heterocycles. The van der Waals surface area contributed by atoms with E-state index in [9.17, 15) is 5.11 Å². The number of anilines is 1. The number of nitrogens with zero attached hydrogens (tertiary/aromatic N) is 2. The van der Waals surface area contributed by atoms with E-state index >= 15 is 0 Å². The van der Waals surface area contributed by atoms with Crippen LogP contribution < -0.4 is 5.73 Å². The van der Waals surface area contributed by atoms with Crippen LogP contribution in [0.1, 0.15) is 42.8 Å². The zero-order chi connectivity index (χ0) is 20.1. The maximum atomic E-state index is 9.29.